The van der Waals surface area contributed by atoms with Gasteiger partial charge in [-0.1, -0.05) is 31.2 Å². The zero-order valence-corrected chi connectivity index (χ0v) is 17.3. The Hall–Kier alpha value is -2.58. The van der Waals surface area contributed by atoms with Gasteiger partial charge in [-0.15, -0.1) is 0 Å². The first kappa shape index (κ1) is 21.7. The van der Waals surface area contributed by atoms with E-state index >= 15 is 0 Å². The number of rotatable bonds is 9. The van der Waals surface area contributed by atoms with Gasteiger partial charge in [0.05, 0.1) is 31.7 Å². The monoisotopic (exact) mass is 406 g/mol. The van der Waals surface area contributed by atoms with Crippen molar-refractivity contribution in [3.63, 3.8) is 0 Å². The van der Waals surface area contributed by atoms with Crippen LogP contribution >= 0.6 is 0 Å². The average molecular weight is 407 g/mol. The number of hydrogen-bond donors (Lipinski definition) is 1. The number of carbonyl (C=O) groups is 1. The molecule has 0 saturated heterocycles. The molecule has 0 bridgehead atoms. The summed E-state index contributed by atoms with van der Waals surface area (Å²) in [7, 11) is -0.639. The van der Waals surface area contributed by atoms with Crippen molar-refractivity contribution in [1.29, 1.82) is 0 Å². The molecule has 0 fully saturated rings. The summed E-state index contributed by atoms with van der Waals surface area (Å²) < 4.78 is 37.1. The Kier molecular flexibility index (Phi) is 7.42. The molecule has 2 rings (SSSR count). The zero-order chi connectivity index (χ0) is 20.7. The van der Waals surface area contributed by atoms with Crippen LogP contribution in [0, 0.1) is 0 Å². The fourth-order valence-electron chi connectivity index (χ4n) is 2.76. The molecular formula is C20H26N2O5S. The number of hydrogen-bond acceptors (Lipinski definition) is 5. The van der Waals surface area contributed by atoms with E-state index < -0.39 is 10.0 Å². The third-order valence-corrected chi connectivity index (χ3v) is 6.27. The second kappa shape index (κ2) is 9.57. The predicted molar refractivity (Wildman–Crippen MR) is 107 cm³/mol. The molecule has 1 N–H and O–H groups in total. The molecule has 7 nitrogen and oxygen atoms in total. The zero-order valence-electron chi connectivity index (χ0n) is 16.5. The molecular weight excluding hydrogens is 380 g/mol. The summed E-state index contributed by atoms with van der Waals surface area (Å²) >= 11 is 0. The Labute approximate surface area is 166 Å². The van der Waals surface area contributed by atoms with Crippen molar-refractivity contribution in [3.05, 3.63) is 54.1 Å². The van der Waals surface area contributed by atoms with E-state index in [1.807, 2.05) is 13.0 Å². The lowest BCUT2D eigenvalue weighted by molar-refractivity contribution is -0.121. The number of ether oxygens (including phenoxy) is 2. The SMILES string of the molecule is CCN(CC(=O)NC(C)c1ccc(OC)c(OC)c1)S(=O)(=O)c1ccccc1. The Bertz CT molecular complexity index is 900. The van der Waals surface area contributed by atoms with Crippen LogP contribution in [0.1, 0.15) is 25.5 Å². The van der Waals surface area contributed by atoms with Crippen molar-refractivity contribution in [2.24, 2.45) is 0 Å². The molecule has 0 aliphatic rings. The van der Waals surface area contributed by atoms with Gasteiger partial charge < -0.3 is 14.8 Å². The number of likely N-dealkylation sites (N-methyl/N-ethyl adjacent to an activating group) is 1. The summed E-state index contributed by atoms with van der Waals surface area (Å²) in [4.78, 5) is 12.6. The largest absolute Gasteiger partial charge is 0.493 e. The molecule has 0 aliphatic heterocycles. The Morgan fingerprint density at radius 3 is 2.29 bits per heavy atom. The van der Waals surface area contributed by atoms with Crippen LogP contribution in [0.4, 0.5) is 0 Å². The molecule has 0 radical (unpaired) electrons. The van der Waals surface area contributed by atoms with Gasteiger partial charge in [0, 0.05) is 6.54 Å². The van der Waals surface area contributed by atoms with Crippen LogP contribution in [-0.2, 0) is 14.8 Å². The number of nitrogens with zero attached hydrogens (tertiary/aromatic N) is 1. The minimum Gasteiger partial charge on any atom is -0.493 e. The second-order valence-electron chi connectivity index (χ2n) is 6.15. The molecule has 0 aromatic heterocycles. The van der Waals surface area contributed by atoms with Gasteiger partial charge in [-0.25, -0.2) is 8.42 Å². The molecule has 152 valence electrons. The molecule has 0 spiro atoms. The highest BCUT2D eigenvalue weighted by molar-refractivity contribution is 7.89. The summed E-state index contributed by atoms with van der Waals surface area (Å²) in [6, 6.07) is 13.1. The normalized spacial score (nSPS) is 12.5. The van der Waals surface area contributed by atoms with Gasteiger partial charge >= 0.3 is 0 Å². The summed E-state index contributed by atoms with van der Waals surface area (Å²) in [6.45, 7) is 3.45. The maximum Gasteiger partial charge on any atom is 0.243 e. The fraction of sp³-hybridized carbons (Fsp3) is 0.350. The standard InChI is InChI=1S/C20H26N2O5S/c1-5-22(28(24,25)17-9-7-6-8-10-17)14-20(23)21-15(2)16-11-12-18(26-3)19(13-16)27-4/h6-13,15H,5,14H2,1-4H3,(H,21,23). The van der Waals surface area contributed by atoms with E-state index in [9.17, 15) is 13.2 Å². The van der Waals surface area contributed by atoms with Crippen molar-refractivity contribution in [3.8, 4) is 11.5 Å². The first-order valence-electron chi connectivity index (χ1n) is 8.90. The van der Waals surface area contributed by atoms with Gasteiger partial charge in [0.2, 0.25) is 15.9 Å². The smallest absolute Gasteiger partial charge is 0.243 e. The van der Waals surface area contributed by atoms with Crippen LogP contribution in [0.3, 0.4) is 0 Å². The first-order chi connectivity index (χ1) is 13.3. The van der Waals surface area contributed by atoms with E-state index in [2.05, 4.69) is 5.32 Å². The summed E-state index contributed by atoms with van der Waals surface area (Å²) in [5.41, 5.74) is 0.819. The fourth-order valence-corrected chi connectivity index (χ4v) is 4.19. The van der Waals surface area contributed by atoms with E-state index in [0.29, 0.717) is 11.5 Å². The summed E-state index contributed by atoms with van der Waals surface area (Å²) in [6.07, 6.45) is 0. The molecule has 8 heteroatoms. The van der Waals surface area contributed by atoms with Gasteiger partial charge in [-0.2, -0.15) is 4.31 Å². The van der Waals surface area contributed by atoms with Gasteiger partial charge in [-0.3, -0.25) is 4.79 Å². The Morgan fingerprint density at radius 1 is 1.07 bits per heavy atom. The number of carbonyl (C=O) groups excluding carboxylic acids is 1. The number of benzene rings is 2. The van der Waals surface area contributed by atoms with Crippen molar-refractivity contribution >= 4 is 15.9 Å². The topological polar surface area (TPSA) is 84.9 Å². The quantitative estimate of drug-likeness (QED) is 0.692. The van der Waals surface area contributed by atoms with Crippen LogP contribution in [0.2, 0.25) is 0 Å². The third kappa shape index (κ3) is 5.02. The van der Waals surface area contributed by atoms with Gasteiger partial charge in [0.25, 0.3) is 0 Å². The van der Waals surface area contributed by atoms with Crippen molar-refractivity contribution in [1.82, 2.24) is 9.62 Å². The van der Waals surface area contributed by atoms with Crippen molar-refractivity contribution < 1.29 is 22.7 Å². The van der Waals surface area contributed by atoms with Crippen LogP contribution in [0.5, 0.6) is 11.5 Å². The first-order valence-corrected chi connectivity index (χ1v) is 10.3. The molecule has 1 unspecified atom stereocenters. The maximum absolute atomic E-state index is 12.7. The number of amides is 1. The molecule has 0 aliphatic carbocycles. The van der Waals surface area contributed by atoms with E-state index in [0.717, 1.165) is 9.87 Å². The summed E-state index contributed by atoms with van der Waals surface area (Å²) in [5, 5.41) is 2.83. The molecule has 2 aromatic carbocycles. The van der Waals surface area contributed by atoms with Crippen LogP contribution in [0.25, 0.3) is 0 Å². The van der Waals surface area contributed by atoms with E-state index in [1.165, 1.54) is 12.1 Å². The molecule has 0 heterocycles. The van der Waals surface area contributed by atoms with Crippen LogP contribution in [-0.4, -0.2) is 45.9 Å². The molecule has 2 aromatic rings. The highest BCUT2D eigenvalue weighted by atomic mass is 32.2. The van der Waals surface area contributed by atoms with Crippen LogP contribution < -0.4 is 14.8 Å². The average Bonchev–Trinajstić information content (AvgIpc) is 2.71. The molecule has 0 saturated carbocycles. The number of methoxy groups -OCH3 is 2. The van der Waals surface area contributed by atoms with Gasteiger partial charge in [0.1, 0.15) is 0 Å². The van der Waals surface area contributed by atoms with Gasteiger partial charge in [0.15, 0.2) is 11.5 Å². The molecule has 1 amide bonds. The Balaban J connectivity index is 2.09. The van der Waals surface area contributed by atoms with Gasteiger partial charge in [-0.05, 0) is 36.8 Å². The number of sulfonamides is 1. The minimum atomic E-state index is -3.73. The lowest BCUT2D eigenvalue weighted by Gasteiger charge is -2.22. The predicted octanol–water partition coefficient (Wildman–Crippen LogP) is 2.59. The Morgan fingerprint density at radius 2 is 1.71 bits per heavy atom. The van der Waals surface area contributed by atoms with Crippen LogP contribution in [0.15, 0.2) is 53.4 Å². The number of nitrogens with one attached hydrogen (secondary N) is 1. The lowest BCUT2D eigenvalue weighted by atomic mass is 10.1. The van der Waals surface area contributed by atoms with E-state index in [4.69, 9.17) is 9.47 Å². The third-order valence-electron chi connectivity index (χ3n) is 4.34. The van der Waals surface area contributed by atoms with E-state index in [1.54, 1.807) is 51.5 Å². The molecule has 1 atom stereocenters. The summed E-state index contributed by atoms with van der Waals surface area (Å²) in [5.74, 6) is 0.766. The highest BCUT2D eigenvalue weighted by Gasteiger charge is 2.25. The highest BCUT2D eigenvalue weighted by Crippen LogP contribution is 2.29. The van der Waals surface area contributed by atoms with E-state index in [-0.39, 0.29) is 29.9 Å². The molecule has 28 heavy (non-hydrogen) atoms. The maximum atomic E-state index is 12.7. The van der Waals surface area contributed by atoms with Crippen molar-refractivity contribution in [2.75, 3.05) is 27.3 Å². The second-order valence-corrected chi connectivity index (χ2v) is 8.09. The van der Waals surface area contributed by atoms with Crippen molar-refractivity contribution in [2.45, 2.75) is 24.8 Å². The lowest BCUT2D eigenvalue weighted by Crippen LogP contribution is -2.41. The minimum absolute atomic E-state index is 0.164.